The van der Waals surface area contributed by atoms with Crippen molar-refractivity contribution in [3.8, 4) is 0 Å². The molecule has 0 spiro atoms. The van der Waals surface area contributed by atoms with Crippen molar-refractivity contribution in [2.45, 2.75) is 19.1 Å². The molecule has 0 aliphatic carbocycles. The second-order valence-electron chi connectivity index (χ2n) is 9.25. The highest BCUT2D eigenvalue weighted by Crippen LogP contribution is 2.23. The van der Waals surface area contributed by atoms with Crippen molar-refractivity contribution in [3.05, 3.63) is 90.1 Å². The van der Waals surface area contributed by atoms with Gasteiger partial charge >= 0.3 is 0 Å². The minimum Gasteiger partial charge on any atom is -0.327 e. The van der Waals surface area contributed by atoms with E-state index in [4.69, 9.17) is 0 Å². The third-order valence-electron chi connectivity index (χ3n) is 6.95. The van der Waals surface area contributed by atoms with Crippen LogP contribution in [0, 0.1) is 0 Å². The summed E-state index contributed by atoms with van der Waals surface area (Å²) in [6.45, 7) is 3.23. The molecule has 2 amide bonds. The Morgan fingerprint density at radius 3 is 2.44 bits per heavy atom. The van der Waals surface area contributed by atoms with Crippen LogP contribution < -0.4 is 0 Å². The van der Waals surface area contributed by atoms with E-state index in [9.17, 15) is 9.59 Å². The SMILES string of the molecule is O=C1C2CN(Cc3ccc4ccccc4c3)CCN2C(=O)CN1Cc1cnc2ccccc2c1. The number of hydrogen-bond acceptors (Lipinski definition) is 4. The zero-order valence-electron chi connectivity index (χ0n) is 18.9. The van der Waals surface area contributed by atoms with Crippen molar-refractivity contribution in [1.29, 1.82) is 0 Å². The van der Waals surface area contributed by atoms with E-state index in [-0.39, 0.29) is 18.4 Å². The quantitative estimate of drug-likeness (QED) is 0.478. The fraction of sp³-hybridized carbons (Fsp3) is 0.250. The highest BCUT2D eigenvalue weighted by molar-refractivity contribution is 5.95. The largest absolute Gasteiger partial charge is 0.327 e. The number of hydrogen-bond donors (Lipinski definition) is 0. The number of amides is 2. The molecule has 0 saturated carbocycles. The first kappa shape index (κ1) is 20.8. The second kappa shape index (κ2) is 8.54. The summed E-state index contributed by atoms with van der Waals surface area (Å²) in [4.78, 5) is 36.6. The Morgan fingerprint density at radius 2 is 1.56 bits per heavy atom. The average Bonchev–Trinajstić information content (AvgIpc) is 2.87. The van der Waals surface area contributed by atoms with Crippen LogP contribution in [0.5, 0.6) is 0 Å². The minimum atomic E-state index is -0.427. The molecular formula is C28H26N4O2. The molecule has 4 aromatic rings. The summed E-state index contributed by atoms with van der Waals surface area (Å²) in [5.41, 5.74) is 3.09. The molecule has 2 aliphatic heterocycles. The summed E-state index contributed by atoms with van der Waals surface area (Å²) < 4.78 is 0. The standard InChI is InChI=1S/C28H26N4O2/c33-27-19-31(17-21-14-24-7-3-4-8-25(24)29-15-21)28(34)26-18-30(11-12-32(26)27)16-20-9-10-22-5-1-2-6-23(22)13-20/h1-10,13-15,26H,11-12,16-19H2. The maximum atomic E-state index is 13.4. The molecule has 6 heteroatoms. The average molecular weight is 451 g/mol. The molecule has 6 rings (SSSR count). The maximum absolute atomic E-state index is 13.4. The Labute approximate surface area is 198 Å². The lowest BCUT2D eigenvalue weighted by molar-refractivity contribution is -0.160. The molecule has 1 aromatic heterocycles. The summed E-state index contributed by atoms with van der Waals surface area (Å²) in [6.07, 6.45) is 1.80. The van der Waals surface area contributed by atoms with E-state index >= 15 is 0 Å². The summed E-state index contributed by atoms with van der Waals surface area (Å²) in [5.74, 6) is 0.0553. The van der Waals surface area contributed by atoms with Crippen LogP contribution in [0.4, 0.5) is 0 Å². The molecule has 0 radical (unpaired) electrons. The molecule has 2 fully saturated rings. The van der Waals surface area contributed by atoms with Crippen LogP contribution >= 0.6 is 0 Å². The first-order valence-electron chi connectivity index (χ1n) is 11.8. The molecule has 170 valence electrons. The Balaban J connectivity index is 1.18. The number of nitrogens with zero attached hydrogens (tertiary/aromatic N) is 4. The van der Waals surface area contributed by atoms with E-state index < -0.39 is 6.04 Å². The van der Waals surface area contributed by atoms with Gasteiger partial charge in [0, 0.05) is 44.3 Å². The minimum absolute atomic E-state index is 0.0240. The Bertz CT molecular complexity index is 1400. The van der Waals surface area contributed by atoms with Crippen LogP contribution in [0.1, 0.15) is 11.1 Å². The normalized spacial score (nSPS) is 19.1. The van der Waals surface area contributed by atoms with Crippen molar-refractivity contribution < 1.29 is 9.59 Å². The van der Waals surface area contributed by atoms with Gasteiger partial charge in [-0.05, 0) is 40.1 Å². The van der Waals surface area contributed by atoms with Crippen molar-refractivity contribution in [2.75, 3.05) is 26.2 Å². The fourth-order valence-corrected chi connectivity index (χ4v) is 5.19. The number of carbonyl (C=O) groups is 2. The lowest BCUT2D eigenvalue weighted by atomic mass is 10.0. The molecule has 2 saturated heterocycles. The van der Waals surface area contributed by atoms with Crippen LogP contribution in [0.2, 0.25) is 0 Å². The summed E-state index contributed by atoms with van der Waals surface area (Å²) in [5, 5.41) is 3.48. The van der Waals surface area contributed by atoms with Gasteiger partial charge in [0.1, 0.15) is 12.6 Å². The molecule has 0 bridgehead atoms. The number of carbonyl (C=O) groups excluding carboxylic acids is 2. The van der Waals surface area contributed by atoms with E-state index in [0.717, 1.165) is 29.6 Å². The molecular weight excluding hydrogens is 424 g/mol. The predicted octanol–water partition coefficient (Wildman–Crippen LogP) is 3.44. The first-order chi connectivity index (χ1) is 16.6. The molecule has 1 unspecified atom stereocenters. The van der Waals surface area contributed by atoms with Crippen molar-refractivity contribution in [2.24, 2.45) is 0 Å². The summed E-state index contributed by atoms with van der Waals surface area (Å²) in [7, 11) is 0. The van der Waals surface area contributed by atoms with Crippen LogP contribution in [0.25, 0.3) is 21.7 Å². The monoisotopic (exact) mass is 450 g/mol. The van der Waals surface area contributed by atoms with Gasteiger partial charge in [-0.15, -0.1) is 0 Å². The third-order valence-corrected chi connectivity index (χ3v) is 6.95. The van der Waals surface area contributed by atoms with E-state index in [2.05, 4.69) is 52.3 Å². The van der Waals surface area contributed by atoms with Gasteiger partial charge in [0.05, 0.1) is 5.52 Å². The number of para-hydroxylation sites is 1. The molecule has 0 N–H and O–H groups in total. The molecule has 2 aliphatic rings. The number of pyridine rings is 1. The van der Waals surface area contributed by atoms with Crippen LogP contribution in [-0.2, 0) is 22.7 Å². The lowest BCUT2D eigenvalue weighted by Crippen LogP contribution is -2.66. The molecule has 6 nitrogen and oxygen atoms in total. The highest BCUT2D eigenvalue weighted by Gasteiger charge is 2.42. The highest BCUT2D eigenvalue weighted by atomic mass is 16.2. The lowest BCUT2D eigenvalue weighted by Gasteiger charge is -2.46. The van der Waals surface area contributed by atoms with Crippen LogP contribution in [-0.4, -0.2) is 63.7 Å². The zero-order chi connectivity index (χ0) is 23.1. The molecule has 1 atom stereocenters. The second-order valence-corrected chi connectivity index (χ2v) is 9.25. The van der Waals surface area contributed by atoms with Gasteiger partial charge in [-0.1, -0.05) is 54.6 Å². The fourth-order valence-electron chi connectivity index (χ4n) is 5.19. The number of aromatic nitrogens is 1. The predicted molar refractivity (Wildman–Crippen MR) is 132 cm³/mol. The zero-order valence-corrected chi connectivity index (χ0v) is 18.9. The van der Waals surface area contributed by atoms with Gasteiger partial charge in [-0.25, -0.2) is 0 Å². The van der Waals surface area contributed by atoms with Gasteiger partial charge in [0.2, 0.25) is 11.8 Å². The van der Waals surface area contributed by atoms with Gasteiger partial charge < -0.3 is 9.80 Å². The van der Waals surface area contributed by atoms with Gasteiger partial charge in [-0.2, -0.15) is 0 Å². The van der Waals surface area contributed by atoms with E-state index in [1.165, 1.54) is 16.3 Å². The van der Waals surface area contributed by atoms with Crippen molar-refractivity contribution in [1.82, 2.24) is 19.7 Å². The Hall–Kier alpha value is -3.77. The summed E-state index contributed by atoms with van der Waals surface area (Å²) in [6, 6.07) is 24.4. The summed E-state index contributed by atoms with van der Waals surface area (Å²) >= 11 is 0. The number of rotatable bonds is 4. The van der Waals surface area contributed by atoms with Gasteiger partial charge in [-0.3, -0.25) is 19.5 Å². The Kier molecular flexibility index (Phi) is 5.23. The van der Waals surface area contributed by atoms with Gasteiger partial charge in [0.15, 0.2) is 0 Å². The third kappa shape index (κ3) is 3.90. The Morgan fingerprint density at radius 1 is 0.794 bits per heavy atom. The number of piperazine rings is 2. The molecule has 3 heterocycles. The van der Waals surface area contributed by atoms with E-state index in [1.807, 2.05) is 30.3 Å². The van der Waals surface area contributed by atoms with Crippen LogP contribution in [0.3, 0.4) is 0 Å². The van der Waals surface area contributed by atoms with Crippen LogP contribution in [0.15, 0.2) is 79.0 Å². The molecule has 3 aromatic carbocycles. The smallest absolute Gasteiger partial charge is 0.247 e. The first-order valence-corrected chi connectivity index (χ1v) is 11.8. The number of benzene rings is 3. The molecule has 34 heavy (non-hydrogen) atoms. The number of fused-ring (bicyclic) bond motifs is 3. The van der Waals surface area contributed by atoms with E-state index in [1.54, 1.807) is 16.0 Å². The van der Waals surface area contributed by atoms with E-state index in [0.29, 0.717) is 19.6 Å². The van der Waals surface area contributed by atoms with Crippen molar-refractivity contribution >= 4 is 33.5 Å². The van der Waals surface area contributed by atoms with Crippen molar-refractivity contribution in [3.63, 3.8) is 0 Å². The maximum Gasteiger partial charge on any atom is 0.247 e. The topological polar surface area (TPSA) is 56.8 Å². The van der Waals surface area contributed by atoms with Gasteiger partial charge in [0.25, 0.3) is 0 Å².